The molecule has 0 aliphatic carbocycles. The zero-order valence-electron chi connectivity index (χ0n) is 13.8. The number of hydrogen-bond donors (Lipinski definition) is 0. The summed E-state index contributed by atoms with van der Waals surface area (Å²) in [7, 11) is 0. The van der Waals surface area contributed by atoms with E-state index < -0.39 is 0 Å². The molecule has 128 valence electrons. The van der Waals surface area contributed by atoms with Gasteiger partial charge in [-0.15, -0.1) is 5.10 Å². The molecule has 3 aliphatic heterocycles. The van der Waals surface area contributed by atoms with Crippen molar-refractivity contribution in [3.05, 3.63) is 30.5 Å². The van der Waals surface area contributed by atoms with Gasteiger partial charge in [-0.1, -0.05) is 17.3 Å². The van der Waals surface area contributed by atoms with E-state index in [2.05, 4.69) is 15.2 Å². The van der Waals surface area contributed by atoms with Crippen LogP contribution in [0.25, 0.3) is 11.3 Å². The summed E-state index contributed by atoms with van der Waals surface area (Å²) in [5.41, 5.74) is 1.85. The highest BCUT2D eigenvalue weighted by Gasteiger charge is 2.35. The van der Waals surface area contributed by atoms with E-state index in [1.807, 2.05) is 35.1 Å². The summed E-state index contributed by atoms with van der Waals surface area (Å²) in [5, 5.41) is 8.75. The van der Waals surface area contributed by atoms with Crippen LogP contribution in [0.4, 0.5) is 4.39 Å². The Morgan fingerprint density at radius 2 is 2.12 bits per heavy atom. The van der Waals surface area contributed by atoms with Crippen molar-refractivity contribution < 1.29 is 9.13 Å². The molecule has 0 saturated carbocycles. The zero-order valence-corrected chi connectivity index (χ0v) is 13.8. The predicted molar refractivity (Wildman–Crippen MR) is 89.7 cm³/mol. The van der Waals surface area contributed by atoms with Gasteiger partial charge in [0.1, 0.15) is 11.4 Å². The molecule has 3 fully saturated rings. The molecule has 0 unspecified atom stereocenters. The Balaban J connectivity index is 1.49. The van der Waals surface area contributed by atoms with Crippen molar-refractivity contribution in [1.82, 2.24) is 19.9 Å². The van der Waals surface area contributed by atoms with Gasteiger partial charge in [-0.3, -0.25) is 4.39 Å². The number of alkyl halides is 1. The molecule has 0 radical (unpaired) electrons. The number of piperidine rings is 3. The fourth-order valence-electron chi connectivity index (χ4n) is 3.79. The number of halogens is 1. The van der Waals surface area contributed by atoms with Crippen molar-refractivity contribution in [2.75, 3.05) is 32.9 Å². The van der Waals surface area contributed by atoms with Gasteiger partial charge in [-0.25, -0.2) is 4.68 Å². The maximum absolute atomic E-state index is 12.2. The zero-order chi connectivity index (χ0) is 16.4. The van der Waals surface area contributed by atoms with Crippen molar-refractivity contribution >= 4 is 0 Å². The number of hydrogen-bond acceptors (Lipinski definition) is 4. The predicted octanol–water partition coefficient (Wildman–Crippen LogP) is 2.95. The Hall–Kier alpha value is -1.95. The number of nitrogens with zero attached hydrogens (tertiary/aromatic N) is 4. The molecule has 3 saturated heterocycles. The second-order valence-corrected chi connectivity index (χ2v) is 6.71. The van der Waals surface area contributed by atoms with Gasteiger partial charge < -0.3 is 9.64 Å². The third-order valence-electron chi connectivity index (χ3n) is 5.15. The van der Waals surface area contributed by atoms with E-state index in [1.165, 1.54) is 25.9 Å². The maximum Gasteiger partial charge on any atom is 0.119 e. The monoisotopic (exact) mass is 330 g/mol. The van der Waals surface area contributed by atoms with Crippen LogP contribution < -0.4 is 4.74 Å². The number of benzene rings is 1. The van der Waals surface area contributed by atoms with Gasteiger partial charge >= 0.3 is 0 Å². The van der Waals surface area contributed by atoms with Crippen molar-refractivity contribution in [3.63, 3.8) is 0 Å². The van der Waals surface area contributed by atoms with Crippen LogP contribution in [0.15, 0.2) is 30.5 Å². The van der Waals surface area contributed by atoms with E-state index in [0.717, 1.165) is 29.5 Å². The molecule has 0 amide bonds. The van der Waals surface area contributed by atoms with Gasteiger partial charge in [-0.2, -0.15) is 0 Å². The summed E-state index contributed by atoms with van der Waals surface area (Å²) in [6.45, 7) is 3.57. The van der Waals surface area contributed by atoms with Crippen LogP contribution in [0, 0.1) is 5.92 Å². The van der Waals surface area contributed by atoms with E-state index in [1.54, 1.807) is 0 Å². The summed E-state index contributed by atoms with van der Waals surface area (Å²) < 4.78 is 19.8. The third kappa shape index (κ3) is 3.15. The molecule has 1 atom stereocenters. The molecular weight excluding hydrogens is 307 g/mol. The molecule has 24 heavy (non-hydrogen) atoms. The highest BCUT2D eigenvalue weighted by Crippen LogP contribution is 2.35. The lowest BCUT2D eigenvalue weighted by molar-refractivity contribution is 0.0504. The Morgan fingerprint density at radius 1 is 1.25 bits per heavy atom. The molecule has 0 spiro atoms. The van der Waals surface area contributed by atoms with E-state index in [0.29, 0.717) is 19.1 Å². The van der Waals surface area contributed by atoms with E-state index in [-0.39, 0.29) is 6.67 Å². The van der Waals surface area contributed by atoms with Gasteiger partial charge in [0.2, 0.25) is 0 Å². The highest BCUT2D eigenvalue weighted by molar-refractivity contribution is 5.59. The first kappa shape index (κ1) is 15.6. The molecule has 4 heterocycles. The molecule has 1 aromatic heterocycles. The minimum Gasteiger partial charge on any atom is -0.493 e. The third-order valence-corrected chi connectivity index (χ3v) is 5.15. The van der Waals surface area contributed by atoms with Crippen LogP contribution in [0.3, 0.4) is 0 Å². The Labute approximate surface area is 141 Å². The van der Waals surface area contributed by atoms with Crippen molar-refractivity contribution in [2.24, 2.45) is 5.92 Å². The minimum absolute atomic E-state index is 0.354. The minimum atomic E-state index is -0.354. The smallest absolute Gasteiger partial charge is 0.119 e. The quantitative estimate of drug-likeness (QED) is 0.764. The van der Waals surface area contributed by atoms with Crippen molar-refractivity contribution in [1.29, 1.82) is 0 Å². The molecule has 2 aromatic rings. The first-order chi connectivity index (χ1) is 11.8. The van der Waals surface area contributed by atoms with Crippen molar-refractivity contribution in [3.8, 4) is 17.0 Å². The van der Waals surface area contributed by atoms with Gasteiger partial charge in [0, 0.05) is 18.5 Å². The van der Waals surface area contributed by atoms with Crippen LogP contribution in [-0.4, -0.2) is 52.8 Å². The average molecular weight is 330 g/mol. The second kappa shape index (κ2) is 6.89. The lowest BCUT2D eigenvalue weighted by Gasteiger charge is -2.44. The molecule has 3 aliphatic rings. The molecule has 6 heteroatoms. The van der Waals surface area contributed by atoms with Gasteiger partial charge in [0.05, 0.1) is 25.5 Å². The molecule has 2 bridgehead atoms. The van der Waals surface area contributed by atoms with E-state index in [9.17, 15) is 4.39 Å². The van der Waals surface area contributed by atoms with Crippen LogP contribution in [0.1, 0.15) is 25.3 Å². The summed E-state index contributed by atoms with van der Waals surface area (Å²) >= 11 is 0. The van der Waals surface area contributed by atoms with Crippen LogP contribution >= 0.6 is 0 Å². The standard InChI is InChI=1S/C18H23FN4O/c19-7-2-10-24-16-4-1-3-15(11-16)17-12-23(21-20-17)18-13-22-8-5-14(18)6-9-22/h1,3-4,11-12,14,18H,2,5-10,13H2/t18-/m0/s1. The van der Waals surface area contributed by atoms with Crippen molar-refractivity contribution in [2.45, 2.75) is 25.3 Å². The van der Waals surface area contributed by atoms with Crippen LogP contribution in [0.5, 0.6) is 5.75 Å². The molecular formula is C18H23FN4O. The number of fused-ring (bicyclic) bond motifs is 3. The highest BCUT2D eigenvalue weighted by atomic mass is 19.1. The van der Waals surface area contributed by atoms with Gasteiger partial charge in [0.25, 0.3) is 0 Å². The molecule has 0 N–H and O–H groups in total. The Bertz CT molecular complexity index is 681. The fraction of sp³-hybridized carbons (Fsp3) is 0.556. The van der Waals surface area contributed by atoms with E-state index >= 15 is 0 Å². The van der Waals surface area contributed by atoms with E-state index in [4.69, 9.17) is 4.74 Å². The normalized spacial score (nSPS) is 25.8. The summed E-state index contributed by atoms with van der Waals surface area (Å²) in [6.07, 6.45) is 4.99. The molecule has 5 rings (SSSR count). The topological polar surface area (TPSA) is 43.2 Å². The molecule has 5 nitrogen and oxygen atoms in total. The second-order valence-electron chi connectivity index (χ2n) is 6.71. The Kier molecular flexibility index (Phi) is 4.47. The van der Waals surface area contributed by atoms with Crippen LogP contribution in [0.2, 0.25) is 0 Å². The maximum atomic E-state index is 12.2. The SMILES string of the molecule is FCCCOc1cccc(-c2cn([C@H]3CN4CCC3CC4)nn2)c1. The average Bonchev–Trinajstić information content (AvgIpc) is 3.13. The lowest BCUT2D eigenvalue weighted by Crippen LogP contribution is -2.48. The number of ether oxygens (including phenoxy) is 1. The van der Waals surface area contributed by atoms with Gasteiger partial charge in [-0.05, 0) is 44.0 Å². The number of aromatic nitrogens is 3. The largest absolute Gasteiger partial charge is 0.493 e. The summed E-state index contributed by atoms with van der Waals surface area (Å²) in [5.74, 6) is 1.47. The summed E-state index contributed by atoms with van der Waals surface area (Å²) in [4.78, 5) is 2.52. The van der Waals surface area contributed by atoms with Crippen LogP contribution in [-0.2, 0) is 0 Å². The first-order valence-corrected chi connectivity index (χ1v) is 8.77. The first-order valence-electron chi connectivity index (χ1n) is 8.77. The van der Waals surface area contributed by atoms with Gasteiger partial charge in [0.15, 0.2) is 0 Å². The molecule has 1 aromatic carbocycles. The fourth-order valence-corrected chi connectivity index (χ4v) is 3.79. The summed E-state index contributed by atoms with van der Waals surface area (Å²) in [6, 6.07) is 8.22. The Morgan fingerprint density at radius 3 is 2.88 bits per heavy atom. The number of rotatable bonds is 6. The lowest BCUT2D eigenvalue weighted by atomic mass is 9.84.